The van der Waals surface area contributed by atoms with Gasteiger partial charge in [-0.15, -0.1) is 11.8 Å². The molecule has 162 valence electrons. The lowest BCUT2D eigenvalue weighted by atomic mass is 10.1. The number of non-ortho nitro benzene ring substituents is 1. The molecule has 0 spiro atoms. The molecule has 2 amide bonds. The number of carbonyl (C=O) groups is 2. The minimum atomic E-state index is -0.846. The van der Waals surface area contributed by atoms with Crippen molar-refractivity contribution in [2.24, 2.45) is 0 Å². The van der Waals surface area contributed by atoms with Crippen LogP contribution >= 0.6 is 11.8 Å². The zero-order valence-corrected chi connectivity index (χ0v) is 17.1. The third-order valence-electron chi connectivity index (χ3n) is 4.79. The molecule has 3 aromatic rings. The number of thioether (sulfide) groups is 1. The SMILES string of the molecule is O=C(Nc1cccc([C@H]2SCC(=O)N2c2ccc(F)cc2F)c1)c1cccc([N+](=O)[O-])c1. The molecule has 0 saturated carbocycles. The van der Waals surface area contributed by atoms with Crippen molar-refractivity contribution in [1.82, 2.24) is 0 Å². The second-order valence-corrected chi connectivity index (χ2v) is 7.98. The number of hydrogen-bond donors (Lipinski definition) is 1. The number of benzene rings is 3. The van der Waals surface area contributed by atoms with Gasteiger partial charge < -0.3 is 5.32 Å². The van der Waals surface area contributed by atoms with Crippen LogP contribution in [0.2, 0.25) is 0 Å². The van der Waals surface area contributed by atoms with E-state index in [0.29, 0.717) is 11.3 Å². The van der Waals surface area contributed by atoms with E-state index in [1.807, 2.05) is 0 Å². The van der Waals surface area contributed by atoms with Crippen LogP contribution in [0.3, 0.4) is 0 Å². The number of nitrogens with zero attached hydrogens (tertiary/aromatic N) is 2. The zero-order chi connectivity index (χ0) is 22.8. The summed E-state index contributed by atoms with van der Waals surface area (Å²) in [6.45, 7) is 0. The van der Waals surface area contributed by atoms with Crippen LogP contribution in [-0.2, 0) is 4.79 Å². The van der Waals surface area contributed by atoms with Crippen LogP contribution in [0, 0.1) is 21.7 Å². The molecule has 3 aromatic carbocycles. The van der Waals surface area contributed by atoms with Crippen LogP contribution in [0.4, 0.5) is 25.8 Å². The quantitative estimate of drug-likeness (QED) is 0.436. The Hall–Kier alpha value is -3.79. The normalized spacial score (nSPS) is 15.6. The fourth-order valence-electron chi connectivity index (χ4n) is 3.34. The average molecular weight is 455 g/mol. The fourth-order valence-corrected chi connectivity index (χ4v) is 4.50. The molecule has 32 heavy (non-hydrogen) atoms. The van der Waals surface area contributed by atoms with E-state index in [2.05, 4.69) is 5.32 Å². The van der Waals surface area contributed by atoms with E-state index in [0.717, 1.165) is 12.1 Å². The van der Waals surface area contributed by atoms with Crippen molar-refractivity contribution in [2.45, 2.75) is 5.37 Å². The van der Waals surface area contributed by atoms with Gasteiger partial charge in [-0.2, -0.15) is 0 Å². The number of amides is 2. The van der Waals surface area contributed by atoms with E-state index in [1.54, 1.807) is 24.3 Å². The van der Waals surface area contributed by atoms with Gasteiger partial charge in [0, 0.05) is 29.4 Å². The van der Waals surface area contributed by atoms with Gasteiger partial charge in [0.15, 0.2) is 0 Å². The zero-order valence-electron chi connectivity index (χ0n) is 16.3. The number of anilines is 2. The molecule has 0 radical (unpaired) electrons. The number of hydrogen-bond acceptors (Lipinski definition) is 5. The smallest absolute Gasteiger partial charge is 0.270 e. The highest BCUT2D eigenvalue weighted by Gasteiger charge is 2.35. The van der Waals surface area contributed by atoms with E-state index in [4.69, 9.17) is 0 Å². The van der Waals surface area contributed by atoms with Gasteiger partial charge in [-0.25, -0.2) is 8.78 Å². The van der Waals surface area contributed by atoms with E-state index in [9.17, 15) is 28.5 Å². The van der Waals surface area contributed by atoms with Crippen LogP contribution in [0.1, 0.15) is 21.3 Å². The lowest BCUT2D eigenvalue weighted by Gasteiger charge is -2.25. The summed E-state index contributed by atoms with van der Waals surface area (Å²) in [6, 6.07) is 15.0. The van der Waals surface area contributed by atoms with Crippen molar-refractivity contribution >= 4 is 40.6 Å². The van der Waals surface area contributed by atoms with Crippen LogP contribution in [0.15, 0.2) is 66.7 Å². The Bertz CT molecular complexity index is 1240. The Morgan fingerprint density at radius 1 is 1.09 bits per heavy atom. The summed E-state index contributed by atoms with van der Waals surface area (Å²) in [5.74, 6) is -2.33. The summed E-state index contributed by atoms with van der Waals surface area (Å²) < 4.78 is 27.7. The number of carbonyl (C=O) groups excluding carboxylic acids is 2. The summed E-state index contributed by atoms with van der Waals surface area (Å²) in [6.07, 6.45) is 0. The fraction of sp³-hybridized carbons (Fsp3) is 0.0909. The predicted molar refractivity (Wildman–Crippen MR) is 117 cm³/mol. The van der Waals surface area contributed by atoms with Crippen LogP contribution < -0.4 is 10.2 Å². The highest BCUT2D eigenvalue weighted by molar-refractivity contribution is 8.00. The van der Waals surface area contributed by atoms with E-state index in [1.165, 1.54) is 47.0 Å². The Balaban J connectivity index is 1.59. The van der Waals surface area contributed by atoms with Gasteiger partial charge in [-0.3, -0.25) is 24.6 Å². The van der Waals surface area contributed by atoms with Crippen LogP contribution in [-0.4, -0.2) is 22.5 Å². The Kier molecular flexibility index (Phi) is 5.87. The third kappa shape index (κ3) is 4.30. The first kappa shape index (κ1) is 21.4. The van der Waals surface area contributed by atoms with Crippen molar-refractivity contribution in [2.75, 3.05) is 16.0 Å². The lowest BCUT2D eigenvalue weighted by molar-refractivity contribution is -0.384. The number of nitro benzene ring substituents is 1. The summed E-state index contributed by atoms with van der Waals surface area (Å²) in [4.78, 5) is 36.6. The molecule has 1 heterocycles. The molecule has 0 unspecified atom stereocenters. The van der Waals surface area contributed by atoms with E-state index < -0.39 is 27.8 Å². The molecule has 0 aromatic heterocycles. The third-order valence-corrected chi connectivity index (χ3v) is 6.00. The highest BCUT2D eigenvalue weighted by atomic mass is 32.2. The van der Waals surface area contributed by atoms with E-state index in [-0.39, 0.29) is 28.6 Å². The summed E-state index contributed by atoms with van der Waals surface area (Å²) >= 11 is 1.28. The number of nitro groups is 1. The first-order valence-electron chi connectivity index (χ1n) is 9.38. The van der Waals surface area contributed by atoms with Gasteiger partial charge in [0.05, 0.1) is 16.4 Å². The van der Waals surface area contributed by atoms with Gasteiger partial charge in [-0.1, -0.05) is 18.2 Å². The molecule has 1 saturated heterocycles. The summed E-state index contributed by atoms with van der Waals surface area (Å²) in [7, 11) is 0. The molecular formula is C22H15F2N3O4S. The Morgan fingerprint density at radius 3 is 2.62 bits per heavy atom. The maximum Gasteiger partial charge on any atom is 0.270 e. The van der Waals surface area contributed by atoms with Crippen molar-refractivity contribution in [3.63, 3.8) is 0 Å². The molecule has 4 rings (SSSR count). The maximum absolute atomic E-state index is 14.3. The van der Waals surface area contributed by atoms with E-state index >= 15 is 0 Å². The van der Waals surface area contributed by atoms with Crippen molar-refractivity contribution in [3.8, 4) is 0 Å². The minimum Gasteiger partial charge on any atom is -0.322 e. The topological polar surface area (TPSA) is 92.6 Å². The van der Waals surface area contributed by atoms with Crippen molar-refractivity contribution in [1.29, 1.82) is 0 Å². The van der Waals surface area contributed by atoms with Crippen molar-refractivity contribution in [3.05, 3.63) is 99.6 Å². The predicted octanol–water partition coefficient (Wildman–Crippen LogP) is 4.90. The largest absolute Gasteiger partial charge is 0.322 e. The van der Waals surface area contributed by atoms with Gasteiger partial charge in [0.25, 0.3) is 11.6 Å². The number of rotatable bonds is 5. The average Bonchev–Trinajstić information content (AvgIpc) is 3.15. The van der Waals surface area contributed by atoms with Crippen LogP contribution in [0.5, 0.6) is 0 Å². The molecule has 1 atom stereocenters. The monoisotopic (exact) mass is 455 g/mol. The van der Waals surface area contributed by atoms with Gasteiger partial charge in [-0.05, 0) is 35.9 Å². The Morgan fingerprint density at radius 2 is 1.88 bits per heavy atom. The molecular weight excluding hydrogens is 440 g/mol. The summed E-state index contributed by atoms with van der Waals surface area (Å²) in [5.41, 5.74) is 0.909. The Labute approximate surface area is 185 Å². The first-order valence-corrected chi connectivity index (χ1v) is 10.4. The number of halogens is 2. The van der Waals surface area contributed by atoms with Crippen LogP contribution in [0.25, 0.3) is 0 Å². The number of nitrogens with one attached hydrogen (secondary N) is 1. The summed E-state index contributed by atoms with van der Waals surface area (Å²) in [5, 5.41) is 13.0. The lowest BCUT2D eigenvalue weighted by Crippen LogP contribution is -2.28. The molecule has 1 aliphatic heterocycles. The molecule has 1 aliphatic rings. The molecule has 10 heteroatoms. The highest BCUT2D eigenvalue weighted by Crippen LogP contribution is 2.43. The maximum atomic E-state index is 14.3. The first-order chi connectivity index (χ1) is 15.3. The molecule has 0 bridgehead atoms. The molecule has 7 nitrogen and oxygen atoms in total. The second kappa shape index (κ2) is 8.75. The standard InChI is InChI=1S/C22H15F2N3O4S/c23-15-7-8-19(18(24)11-15)26-20(28)12-32-22(26)14-4-1-5-16(9-14)25-21(29)13-3-2-6-17(10-13)27(30)31/h1-11,22H,12H2,(H,25,29)/t22-/m1/s1. The van der Waals surface area contributed by atoms with Gasteiger partial charge in [0.1, 0.15) is 17.0 Å². The van der Waals surface area contributed by atoms with Crippen molar-refractivity contribution < 1.29 is 23.3 Å². The molecule has 1 fully saturated rings. The van der Waals surface area contributed by atoms with Gasteiger partial charge in [0.2, 0.25) is 5.91 Å². The second-order valence-electron chi connectivity index (χ2n) is 6.91. The van der Waals surface area contributed by atoms with Gasteiger partial charge >= 0.3 is 0 Å². The molecule has 1 N–H and O–H groups in total. The molecule has 0 aliphatic carbocycles. The minimum absolute atomic E-state index is 0.0302.